The summed E-state index contributed by atoms with van der Waals surface area (Å²) in [5, 5.41) is 22.2. The molecule has 2 unspecified atom stereocenters. The zero-order valence-corrected chi connectivity index (χ0v) is 16.5. The molecule has 2 atom stereocenters. The van der Waals surface area contributed by atoms with Crippen molar-refractivity contribution < 1.29 is 14.9 Å². The molecule has 1 aliphatic heterocycles. The van der Waals surface area contributed by atoms with Gasteiger partial charge in [-0.3, -0.25) is 4.90 Å². The van der Waals surface area contributed by atoms with Crippen LogP contribution in [0.15, 0.2) is 54.6 Å². The molecule has 4 heteroatoms. The highest BCUT2D eigenvalue weighted by Gasteiger charge is 2.47. The van der Waals surface area contributed by atoms with Crippen LogP contribution in [-0.2, 0) is 17.7 Å². The Balaban J connectivity index is 1.54. The molecule has 2 fully saturated rings. The van der Waals surface area contributed by atoms with Gasteiger partial charge in [0.2, 0.25) is 0 Å². The predicted molar refractivity (Wildman–Crippen MR) is 110 cm³/mol. The summed E-state index contributed by atoms with van der Waals surface area (Å²) < 4.78 is 6.16. The van der Waals surface area contributed by atoms with Gasteiger partial charge in [0.05, 0.1) is 18.3 Å². The Kier molecular flexibility index (Phi) is 6.00. The van der Waals surface area contributed by atoms with Crippen molar-refractivity contribution in [2.75, 3.05) is 19.7 Å². The zero-order valence-electron chi connectivity index (χ0n) is 16.5. The van der Waals surface area contributed by atoms with Gasteiger partial charge in [-0.1, -0.05) is 61.4 Å². The van der Waals surface area contributed by atoms with Crippen molar-refractivity contribution in [1.29, 1.82) is 0 Å². The van der Waals surface area contributed by atoms with E-state index >= 15 is 0 Å². The van der Waals surface area contributed by atoms with Crippen LogP contribution >= 0.6 is 0 Å². The fourth-order valence-electron chi connectivity index (χ4n) is 4.90. The summed E-state index contributed by atoms with van der Waals surface area (Å²) in [6, 6.07) is 17.8. The number of nitrogens with zero attached hydrogens (tertiary/aromatic N) is 1. The van der Waals surface area contributed by atoms with Crippen LogP contribution in [0.25, 0.3) is 0 Å². The molecule has 4 nitrogen and oxygen atoms in total. The molecule has 2 aromatic rings. The molecular weight excluding hydrogens is 350 g/mol. The number of hydrogen-bond acceptors (Lipinski definition) is 4. The van der Waals surface area contributed by atoms with E-state index < -0.39 is 5.60 Å². The molecular formula is C24H31NO3. The second-order valence-corrected chi connectivity index (χ2v) is 8.36. The Morgan fingerprint density at radius 2 is 1.71 bits per heavy atom. The number of ether oxygens (including phenoxy) is 1. The third-order valence-electron chi connectivity index (χ3n) is 6.48. The number of phenolic OH excluding ortho intramolecular Hbond substituents is 1. The van der Waals surface area contributed by atoms with Crippen molar-refractivity contribution in [2.24, 2.45) is 5.92 Å². The van der Waals surface area contributed by atoms with Crippen LogP contribution < -0.4 is 0 Å². The third-order valence-corrected chi connectivity index (χ3v) is 6.48. The molecule has 1 saturated heterocycles. The fraction of sp³-hybridized carbons (Fsp3) is 0.500. The van der Waals surface area contributed by atoms with E-state index in [0.717, 1.165) is 50.9 Å². The van der Waals surface area contributed by atoms with E-state index in [4.69, 9.17) is 4.74 Å². The summed E-state index contributed by atoms with van der Waals surface area (Å²) in [7, 11) is 0. The minimum Gasteiger partial charge on any atom is -0.508 e. The van der Waals surface area contributed by atoms with Gasteiger partial charge in [0.25, 0.3) is 0 Å². The Hall–Kier alpha value is -1.88. The average Bonchev–Trinajstić information content (AvgIpc) is 3.26. The number of phenols is 1. The topological polar surface area (TPSA) is 52.9 Å². The van der Waals surface area contributed by atoms with Gasteiger partial charge in [0.15, 0.2) is 0 Å². The van der Waals surface area contributed by atoms with Crippen LogP contribution in [0.3, 0.4) is 0 Å². The fourth-order valence-corrected chi connectivity index (χ4v) is 4.90. The lowest BCUT2D eigenvalue weighted by molar-refractivity contribution is -0.168. The van der Waals surface area contributed by atoms with Crippen LogP contribution in [0, 0.1) is 5.92 Å². The number of aromatic hydroxyl groups is 1. The van der Waals surface area contributed by atoms with Gasteiger partial charge in [0, 0.05) is 26.1 Å². The zero-order chi connectivity index (χ0) is 19.4. The lowest BCUT2D eigenvalue weighted by Gasteiger charge is -2.45. The first-order chi connectivity index (χ1) is 13.6. The number of para-hydroxylation sites is 1. The summed E-state index contributed by atoms with van der Waals surface area (Å²) in [6.07, 6.45) is 4.58. The molecule has 0 spiro atoms. The number of aliphatic hydroxyl groups is 1. The summed E-state index contributed by atoms with van der Waals surface area (Å²) in [5.41, 5.74) is 1.14. The van der Waals surface area contributed by atoms with Crippen LogP contribution in [0.4, 0.5) is 0 Å². The van der Waals surface area contributed by atoms with Crippen molar-refractivity contribution in [3.05, 3.63) is 65.7 Å². The highest BCUT2D eigenvalue weighted by molar-refractivity contribution is 5.33. The molecule has 0 radical (unpaired) electrons. The average molecular weight is 382 g/mol. The van der Waals surface area contributed by atoms with Gasteiger partial charge >= 0.3 is 0 Å². The quantitative estimate of drug-likeness (QED) is 0.800. The normalized spacial score (nSPS) is 23.5. The lowest BCUT2D eigenvalue weighted by atomic mass is 9.76. The van der Waals surface area contributed by atoms with Gasteiger partial charge in [0.1, 0.15) is 5.75 Å². The maximum atomic E-state index is 11.9. The molecule has 2 aromatic carbocycles. The van der Waals surface area contributed by atoms with Gasteiger partial charge in [-0.25, -0.2) is 0 Å². The maximum absolute atomic E-state index is 11.9. The first kappa shape index (κ1) is 19.4. The number of benzene rings is 2. The van der Waals surface area contributed by atoms with Crippen molar-refractivity contribution >= 4 is 0 Å². The molecule has 0 aromatic heterocycles. The highest BCUT2D eigenvalue weighted by atomic mass is 16.5. The van der Waals surface area contributed by atoms with Crippen LogP contribution in [0.2, 0.25) is 0 Å². The number of rotatable bonds is 6. The van der Waals surface area contributed by atoms with Crippen LogP contribution in [-0.4, -0.2) is 46.5 Å². The van der Waals surface area contributed by atoms with E-state index in [1.165, 1.54) is 5.56 Å². The Bertz CT molecular complexity index is 759. The summed E-state index contributed by atoms with van der Waals surface area (Å²) in [6.45, 7) is 3.10. The van der Waals surface area contributed by atoms with E-state index in [9.17, 15) is 10.2 Å². The maximum Gasteiger partial charge on any atom is 0.118 e. The molecule has 0 bridgehead atoms. The van der Waals surface area contributed by atoms with Crippen LogP contribution in [0.1, 0.15) is 36.8 Å². The van der Waals surface area contributed by atoms with Gasteiger partial charge in [-0.05, 0) is 36.0 Å². The summed E-state index contributed by atoms with van der Waals surface area (Å²) in [5.74, 6) is 0.477. The van der Waals surface area contributed by atoms with Crippen molar-refractivity contribution in [3.63, 3.8) is 0 Å². The van der Waals surface area contributed by atoms with Crippen molar-refractivity contribution in [2.45, 2.75) is 50.4 Å². The molecule has 0 amide bonds. The van der Waals surface area contributed by atoms with Crippen molar-refractivity contribution in [1.82, 2.24) is 4.90 Å². The second-order valence-electron chi connectivity index (χ2n) is 8.36. The van der Waals surface area contributed by atoms with E-state index in [2.05, 4.69) is 29.2 Å². The van der Waals surface area contributed by atoms with E-state index in [1.54, 1.807) is 6.07 Å². The number of hydrogen-bond donors (Lipinski definition) is 2. The first-order valence-corrected chi connectivity index (χ1v) is 10.5. The largest absolute Gasteiger partial charge is 0.508 e. The standard InChI is InChI=1S/C24H31NO3/c26-22-13-7-4-10-20(22)16-24(27,21-11-5-6-12-21)23-18-25(14-15-28-23)17-19-8-2-1-3-9-19/h1-4,7-10,13,21,23,26-27H,5-6,11-12,14-18H2. The SMILES string of the molecule is Oc1ccccc1CC(O)(C1CCCC1)C1CN(Cc2ccccc2)CCO1. The highest BCUT2D eigenvalue weighted by Crippen LogP contribution is 2.41. The monoisotopic (exact) mass is 381 g/mol. The van der Waals surface area contributed by atoms with Crippen LogP contribution in [0.5, 0.6) is 5.75 Å². The molecule has 28 heavy (non-hydrogen) atoms. The van der Waals surface area contributed by atoms with Crippen molar-refractivity contribution in [3.8, 4) is 5.75 Å². The van der Waals surface area contributed by atoms with E-state index in [0.29, 0.717) is 13.0 Å². The van der Waals surface area contributed by atoms with Gasteiger partial charge in [-0.2, -0.15) is 0 Å². The Morgan fingerprint density at radius 1 is 1.00 bits per heavy atom. The molecule has 150 valence electrons. The molecule has 1 aliphatic carbocycles. The molecule has 1 saturated carbocycles. The molecule has 2 aliphatic rings. The molecule has 1 heterocycles. The summed E-state index contributed by atoms with van der Waals surface area (Å²) >= 11 is 0. The summed E-state index contributed by atoms with van der Waals surface area (Å²) in [4.78, 5) is 2.38. The Morgan fingerprint density at radius 3 is 2.46 bits per heavy atom. The number of morpholine rings is 1. The predicted octanol–water partition coefficient (Wildman–Crippen LogP) is 3.76. The molecule has 4 rings (SSSR count). The lowest BCUT2D eigenvalue weighted by Crippen LogP contribution is -2.58. The minimum atomic E-state index is -0.954. The minimum absolute atomic E-state index is 0.216. The third kappa shape index (κ3) is 4.24. The van der Waals surface area contributed by atoms with Gasteiger partial charge < -0.3 is 14.9 Å². The smallest absolute Gasteiger partial charge is 0.118 e. The molecule has 2 N–H and O–H groups in total. The second kappa shape index (κ2) is 8.64. The Labute approximate surface area is 167 Å². The van der Waals surface area contributed by atoms with E-state index in [1.807, 2.05) is 24.3 Å². The van der Waals surface area contributed by atoms with E-state index in [-0.39, 0.29) is 17.8 Å². The first-order valence-electron chi connectivity index (χ1n) is 10.5. The van der Waals surface area contributed by atoms with Gasteiger partial charge in [-0.15, -0.1) is 0 Å².